The molecule has 1 aliphatic heterocycles. The van der Waals surface area contributed by atoms with Crippen LogP contribution in [0.3, 0.4) is 0 Å². The van der Waals surface area contributed by atoms with Crippen molar-refractivity contribution in [3.05, 3.63) is 209 Å². The molecule has 0 amide bonds. The Hall–Kier alpha value is -6.77. The van der Waals surface area contributed by atoms with Gasteiger partial charge >= 0.3 is 0 Å². The van der Waals surface area contributed by atoms with Crippen molar-refractivity contribution in [2.75, 3.05) is 0 Å². The fourth-order valence-corrected chi connectivity index (χ4v) is 11.5. The van der Waals surface area contributed by atoms with E-state index < -0.39 is 0 Å². The molecule has 268 valence electrons. The van der Waals surface area contributed by atoms with Gasteiger partial charge in [-0.2, -0.15) is 0 Å². The number of hydrogen-bond donors (Lipinski definition) is 0. The standard InChI is InChI=1S/C55H38N2/c1-32-31-35(55(2)44-25-12-13-26-45(44)56-54(55)34-16-4-3-5-17-34)28-30-46(32)57-52-36-18-7-6-15-33(36)27-29-43(52)51-50-42-24-14-23-38-37-19-8-9-20-39(37)48(47(38)42)49(50)40-21-10-11-22-41(40)53(51)57/h3-32,46,48H,1-2H3. The summed E-state index contributed by atoms with van der Waals surface area (Å²) in [6.07, 6.45) is 7.48. The average molecular weight is 727 g/mol. The van der Waals surface area contributed by atoms with Crippen LogP contribution in [0.1, 0.15) is 53.6 Å². The Morgan fingerprint density at radius 1 is 0.579 bits per heavy atom. The molecule has 57 heavy (non-hydrogen) atoms. The summed E-state index contributed by atoms with van der Waals surface area (Å²) in [5.74, 6) is 0.429. The number of para-hydroxylation sites is 1. The van der Waals surface area contributed by atoms with Crippen LogP contribution < -0.4 is 0 Å². The molecule has 2 heterocycles. The van der Waals surface area contributed by atoms with Crippen LogP contribution in [-0.4, -0.2) is 10.3 Å². The normalized spacial score (nSPS) is 21.2. The second-order valence-electron chi connectivity index (χ2n) is 16.7. The number of aromatic nitrogens is 1. The predicted octanol–water partition coefficient (Wildman–Crippen LogP) is 14.0. The molecule has 2 nitrogen and oxygen atoms in total. The molecular weight excluding hydrogens is 689 g/mol. The Morgan fingerprint density at radius 2 is 1.30 bits per heavy atom. The topological polar surface area (TPSA) is 17.3 Å². The lowest BCUT2D eigenvalue weighted by molar-refractivity contribution is 0.502. The van der Waals surface area contributed by atoms with E-state index in [0.717, 1.165) is 11.4 Å². The highest BCUT2D eigenvalue weighted by molar-refractivity contribution is 6.30. The molecule has 4 aliphatic rings. The van der Waals surface area contributed by atoms with Crippen molar-refractivity contribution in [3.63, 3.8) is 0 Å². The first kappa shape index (κ1) is 31.4. The van der Waals surface area contributed by atoms with Crippen molar-refractivity contribution in [2.45, 2.75) is 31.2 Å². The molecule has 4 unspecified atom stereocenters. The molecule has 4 atom stereocenters. The molecule has 0 bridgehead atoms. The highest BCUT2D eigenvalue weighted by Gasteiger charge is 2.45. The van der Waals surface area contributed by atoms with Gasteiger partial charge in [0.2, 0.25) is 0 Å². The molecule has 3 aliphatic carbocycles. The van der Waals surface area contributed by atoms with E-state index in [-0.39, 0.29) is 23.3 Å². The van der Waals surface area contributed by atoms with Gasteiger partial charge in [-0.3, -0.25) is 4.99 Å². The number of nitrogens with zero attached hydrogens (tertiary/aromatic N) is 2. The maximum atomic E-state index is 5.31. The third-order valence-electron chi connectivity index (χ3n) is 13.9. The van der Waals surface area contributed by atoms with E-state index in [1.54, 1.807) is 0 Å². The van der Waals surface area contributed by atoms with Gasteiger partial charge in [-0.15, -0.1) is 0 Å². The molecule has 0 fully saturated rings. The predicted molar refractivity (Wildman–Crippen MR) is 238 cm³/mol. The zero-order valence-electron chi connectivity index (χ0n) is 31.9. The molecule has 13 rings (SSSR count). The van der Waals surface area contributed by atoms with Crippen molar-refractivity contribution >= 4 is 54.7 Å². The molecule has 8 aromatic carbocycles. The van der Waals surface area contributed by atoms with Crippen LogP contribution in [0.2, 0.25) is 0 Å². The highest BCUT2D eigenvalue weighted by Crippen LogP contribution is 2.62. The number of allylic oxidation sites excluding steroid dienone is 4. The van der Waals surface area contributed by atoms with Gasteiger partial charge in [0, 0.05) is 27.5 Å². The minimum absolute atomic E-state index is 0.0926. The van der Waals surface area contributed by atoms with Crippen molar-refractivity contribution in [1.82, 2.24) is 4.57 Å². The van der Waals surface area contributed by atoms with Gasteiger partial charge in [0.1, 0.15) is 0 Å². The van der Waals surface area contributed by atoms with E-state index in [2.05, 4.69) is 194 Å². The van der Waals surface area contributed by atoms with E-state index in [9.17, 15) is 0 Å². The lowest BCUT2D eigenvalue weighted by Gasteiger charge is -2.35. The zero-order valence-corrected chi connectivity index (χ0v) is 31.9. The second kappa shape index (κ2) is 11.2. The summed E-state index contributed by atoms with van der Waals surface area (Å²) < 4.78 is 2.73. The molecule has 0 spiro atoms. The minimum atomic E-state index is -0.380. The molecule has 2 heteroatoms. The summed E-state index contributed by atoms with van der Waals surface area (Å²) in [6, 6.07) is 58.7. The van der Waals surface area contributed by atoms with Gasteiger partial charge in [-0.25, -0.2) is 0 Å². The van der Waals surface area contributed by atoms with Crippen molar-refractivity contribution in [1.29, 1.82) is 0 Å². The number of rotatable bonds is 3. The van der Waals surface area contributed by atoms with Gasteiger partial charge in [-0.05, 0) is 85.3 Å². The molecule has 9 aromatic rings. The number of hydrogen-bond acceptors (Lipinski definition) is 1. The van der Waals surface area contributed by atoms with Crippen LogP contribution in [0.25, 0.3) is 65.6 Å². The minimum Gasteiger partial charge on any atom is -0.332 e. The largest absolute Gasteiger partial charge is 0.332 e. The monoisotopic (exact) mass is 726 g/mol. The van der Waals surface area contributed by atoms with Gasteiger partial charge < -0.3 is 4.57 Å². The molecule has 1 aromatic heterocycles. The molecule has 0 radical (unpaired) electrons. The molecule has 0 saturated heterocycles. The Labute approximate surface area is 331 Å². The Morgan fingerprint density at radius 3 is 2.18 bits per heavy atom. The van der Waals surface area contributed by atoms with Crippen LogP contribution in [-0.2, 0) is 5.41 Å². The lowest BCUT2D eigenvalue weighted by atomic mass is 9.69. The fourth-order valence-electron chi connectivity index (χ4n) is 11.5. The third-order valence-corrected chi connectivity index (χ3v) is 13.9. The number of fused-ring (bicyclic) bond motifs is 16. The second-order valence-corrected chi connectivity index (χ2v) is 16.7. The van der Waals surface area contributed by atoms with Crippen molar-refractivity contribution < 1.29 is 0 Å². The summed E-state index contributed by atoms with van der Waals surface area (Å²) in [5.41, 5.74) is 18.2. The van der Waals surface area contributed by atoms with Crippen LogP contribution >= 0.6 is 0 Å². The van der Waals surface area contributed by atoms with E-state index in [0.29, 0.717) is 0 Å². The summed E-state index contributed by atoms with van der Waals surface area (Å²) >= 11 is 0. The Bertz CT molecular complexity index is 3340. The maximum absolute atomic E-state index is 5.31. The maximum Gasteiger partial charge on any atom is 0.0678 e. The zero-order chi connectivity index (χ0) is 37.6. The van der Waals surface area contributed by atoms with Crippen molar-refractivity contribution in [2.24, 2.45) is 10.9 Å². The fraction of sp³-hybridized carbons (Fsp3) is 0.109. The summed E-state index contributed by atoms with van der Waals surface area (Å²) in [5, 5.41) is 7.98. The summed E-state index contributed by atoms with van der Waals surface area (Å²) in [7, 11) is 0. The van der Waals surface area contributed by atoms with Crippen LogP contribution in [0, 0.1) is 5.92 Å². The van der Waals surface area contributed by atoms with Gasteiger partial charge in [0.05, 0.1) is 33.9 Å². The van der Waals surface area contributed by atoms with Gasteiger partial charge in [-0.1, -0.05) is 177 Å². The molecule has 0 N–H and O–H groups in total. The molecule has 0 saturated carbocycles. The first-order valence-electron chi connectivity index (χ1n) is 20.4. The highest BCUT2D eigenvalue weighted by atomic mass is 15.0. The van der Waals surface area contributed by atoms with Gasteiger partial charge in [0.15, 0.2) is 0 Å². The van der Waals surface area contributed by atoms with Crippen LogP contribution in [0.15, 0.2) is 187 Å². The molecular formula is C55H38N2. The third kappa shape index (κ3) is 3.93. The lowest BCUT2D eigenvalue weighted by Crippen LogP contribution is -2.34. The Kier molecular flexibility index (Phi) is 6.16. The number of benzene rings is 8. The van der Waals surface area contributed by atoms with Crippen LogP contribution in [0.4, 0.5) is 5.69 Å². The smallest absolute Gasteiger partial charge is 0.0678 e. The first-order valence-corrected chi connectivity index (χ1v) is 20.4. The van der Waals surface area contributed by atoms with Crippen LogP contribution in [0.5, 0.6) is 0 Å². The quantitative estimate of drug-likeness (QED) is 0.172. The SMILES string of the molecule is CC1C=C(C2(C)C(c3ccccc3)=Nc3ccccc32)C=CC1n1c2c3ccccc3ccc2c2c3c(c4ccccc4c21)C1c2ccccc2-c2cccc-3c21. The van der Waals surface area contributed by atoms with Gasteiger partial charge in [0.25, 0.3) is 0 Å². The van der Waals surface area contributed by atoms with E-state index in [1.807, 2.05) is 0 Å². The average Bonchev–Trinajstić information content (AvgIpc) is 3.99. The van der Waals surface area contributed by atoms with E-state index >= 15 is 0 Å². The van der Waals surface area contributed by atoms with E-state index in [1.165, 1.54) is 99.0 Å². The summed E-state index contributed by atoms with van der Waals surface area (Å²) in [6.45, 7) is 4.80. The van der Waals surface area contributed by atoms with E-state index in [4.69, 9.17) is 4.99 Å². The van der Waals surface area contributed by atoms with Crippen molar-refractivity contribution in [3.8, 4) is 22.3 Å². The Balaban J connectivity index is 1.09. The number of aliphatic imine (C=N–C) groups is 1. The first-order chi connectivity index (χ1) is 28.1. The summed E-state index contributed by atoms with van der Waals surface area (Å²) in [4.78, 5) is 5.31.